The van der Waals surface area contributed by atoms with Gasteiger partial charge in [-0.15, -0.1) is 0 Å². The molecule has 0 radical (unpaired) electrons. The standard InChI is InChI=1S/C14H17FN2O4S/c1-16-5-10-7-17(8-11(10)6-16)22(20,21)13-3-2-9(14(18)19)4-12(13)15/h2-4,10-11H,5-8H2,1H3,(H,18,19)/t10-,11+. The molecule has 120 valence electrons. The molecule has 22 heavy (non-hydrogen) atoms. The molecule has 2 heterocycles. The van der Waals surface area contributed by atoms with Crippen molar-refractivity contribution in [2.75, 3.05) is 33.2 Å². The normalized spacial score (nSPS) is 26.3. The van der Waals surface area contributed by atoms with Crippen molar-refractivity contribution in [1.82, 2.24) is 9.21 Å². The Hall–Kier alpha value is -1.51. The van der Waals surface area contributed by atoms with E-state index in [4.69, 9.17) is 5.11 Å². The zero-order chi connectivity index (χ0) is 16.1. The first-order valence-corrected chi connectivity index (χ1v) is 8.44. The van der Waals surface area contributed by atoms with E-state index >= 15 is 0 Å². The third-order valence-electron chi connectivity index (χ3n) is 4.43. The van der Waals surface area contributed by atoms with Gasteiger partial charge >= 0.3 is 5.97 Å². The van der Waals surface area contributed by atoms with Gasteiger partial charge in [-0.3, -0.25) is 0 Å². The summed E-state index contributed by atoms with van der Waals surface area (Å²) in [6, 6.07) is 2.90. The number of benzene rings is 1. The van der Waals surface area contributed by atoms with Crippen molar-refractivity contribution in [2.24, 2.45) is 11.8 Å². The highest BCUT2D eigenvalue weighted by Crippen LogP contribution is 2.34. The number of hydrogen-bond donors (Lipinski definition) is 1. The molecule has 0 saturated carbocycles. The number of likely N-dealkylation sites (tertiary alicyclic amines) is 1. The second-order valence-electron chi connectivity index (χ2n) is 6.01. The SMILES string of the molecule is CN1C[C@@H]2CN(S(=O)(=O)c3ccc(C(=O)O)cc3F)C[C@@H]2C1. The number of hydrogen-bond acceptors (Lipinski definition) is 4. The maximum absolute atomic E-state index is 14.0. The molecule has 0 aromatic heterocycles. The molecular formula is C14H17FN2O4S. The molecule has 6 nitrogen and oxygen atoms in total. The number of fused-ring (bicyclic) bond motifs is 1. The number of nitrogens with zero attached hydrogens (tertiary/aromatic N) is 2. The molecule has 2 aliphatic heterocycles. The molecule has 0 amide bonds. The van der Waals surface area contributed by atoms with E-state index in [9.17, 15) is 17.6 Å². The van der Waals surface area contributed by atoms with Crippen LogP contribution in [0, 0.1) is 17.7 Å². The van der Waals surface area contributed by atoms with Crippen molar-refractivity contribution in [3.63, 3.8) is 0 Å². The van der Waals surface area contributed by atoms with Crippen molar-refractivity contribution < 1.29 is 22.7 Å². The fraction of sp³-hybridized carbons (Fsp3) is 0.500. The molecule has 0 aliphatic carbocycles. The minimum Gasteiger partial charge on any atom is -0.478 e. The van der Waals surface area contributed by atoms with Crippen molar-refractivity contribution in [2.45, 2.75) is 4.90 Å². The van der Waals surface area contributed by atoms with Crippen molar-refractivity contribution in [3.8, 4) is 0 Å². The zero-order valence-electron chi connectivity index (χ0n) is 12.1. The average Bonchev–Trinajstić information content (AvgIpc) is 2.95. The number of carboxylic acid groups (broad SMARTS) is 1. The van der Waals surface area contributed by atoms with Gasteiger partial charge in [0.1, 0.15) is 10.7 Å². The topological polar surface area (TPSA) is 77.9 Å². The lowest BCUT2D eigenvalue weighted by molar-refractivity contribution is 0.0696. The van der Waals surface area contributed by atoms with Gasteiger partial charge < -0.3 is 10.0 Å². The minimum atomic E-state index is -3.92. The summed E-state index contributed by atoms with van der Waals surface area (Å²) in [5.41, 5.74) is -0.267. The highest BCUT2D eigenvalue weighted by molar-refractivity contribution is 7.89. The molecule has 8 heteroatoms. The van der Waals surface area contributed by atoms with Crippen LogP contribution < -0.4 is 0 Å². The van der Waals surface area contributed by atoms with Gasteiger partial charge in [-0.05, 0) is 37.1 Å². The minimum absolute atomic E-state index is 0.267. The summed E-state index contributed by atoms with van der Waals surface area (Å²) in [7, 11) is -1.92. The lowest BCUT2D eigenvalue weighted by Gasteiger charge is -2.19. The summed E-state index contributed by atoms with van der Waals surface area (Å²) in [5, 5.41) is 8.82. The van der Waals surface area contributed by atoms with E-state index in [-0.39, 0.29) is 17.4 Å². The molecule has 2 saturated heterocycles. The third-order valence-corrected chi connectivity index (χ3v) is 6.30. The van der Waals surface area contributed by atoms with Crippen molar-refractivity contribution >= 4 is 16.0 Å². The van der Waals surface area contributed by atoms with E-state index in [2.05, 4.69) is 4.90 Å². The number of carboxylic acids is 1. The van der Waals surface area contributed by atoms with Gasteiger partial charge in [-0.25, -0.2) is 17.6 Å². The maximum atomic E-state index is 14.0. The van der Waals surface area contributed by atoms with Crippen LogP contribution in [-0.4, -0.2) is 61.9 Å². The summed E-state index contributed by atoms with van der Waals surface area (Å²) >= 11 is 0. The molecule has 1 aromatic carbocycles. The Morgan fingerprint density at radius 2 is 1.82 bits per heavy atom. The monoisotopic (exact) mass is 328 g/mol. The van der Waals surface area contributed by atoms with Crippen LogP contribution in [0.15, 0.2) is 23.1 Å². The summed E-state index contributed by atoms with van der Waals surface area (Å²) in [6.07, 6.45) is 0. The molecule has 2 aliphatic rings. The zero-order valence-corrected chi connectivity index (χ0v) is 12.9. The van der Waals surface area contributed by atoms with Crippen LogP contribution in [0.1, 0.15) is 10.4 Å². The summed E-state index contributed by atoms with van der Waals surface area (Å²) < 4.78 is 40.5. The van der Waals surface area contributed by atoms with Gasteiger partial charge in [0.25, 0.3) is 0 Å². The Morgan fingerprint density at radius 3 is 2.32 bits per heavy atom. The molecule has 0 spiro atoms. The van der Waals surface area contributed by atoms with E-state index in [1.165, 1.54) is 4.31 Å². The molecule has 1 aromatic rings. The van der Waals surface area contributed by atoms with Crippen LogP contribution in [0.3, 0.4) is 0 Å². The largest absolute Gasteiger partial charge is 0.478 e. The van der Waals surface area contributed by atoms with Crippen LogP contribution in [-0.2, 0) is 10.0 Å². The molecule has 3 rings (SSSR count). The molecule has 2 atom stereocenters. The van der Waals surface area contributed by atoms with Crippen LogP contribution in [0.25, 0.3) is 0 Å². The summed E-state index contributed by atoms with van der Waals surface area (Å²) in [6.45, 7) is 2.46. The first kappa shape index (κ1) is 15.4. The van der Waals surface area contributed by atoms with Crippen LogP contribution >= 0.6 is 0 Å². The van der Waals surface area contributed by atoms with Crippen LogP contribution in [0.4, 0.5) is 4.39 Å². The fourth-order valence-corrected chi connectivity index (χ4v) is 4.96. The fourth-order valence-electron chi connectivity index (χ4n) is 3.36. The van der Waals surface area contributed by atoms with Gasteiger partial charge in [-0.1, -0.05) is 0 Å². The Kier molecular flexibility index (Phi) is 3.70. The third kappa shape index (κ3) is 2.51. The van der Waals surface area contributed by atoms with Crippen molar-refractivity contribution in [3.05, 3.63) is 29.6 Å². The highest BCUT2D eigenvalue weighted by Gasteiger charge is 2.43. The van der Waals surface area contributed by atoms with Gasteiger partial charge in [-0.2, -0.15) is 4.31 Å². The first-order chi connectivity index (χ1) is 10.3. The lowest BCUT2D eigenvalue weighted by atomic mass is 10.0. The molecule has 0 bridgehead atoms. The molecule has 0 unspecified atom stereocenters. The Morgan fingerprint density at radius 1 is 1.23 bits per heavy atom. The first-order valence-electron chi connectivity index (χ1n) is 7.00. The molecular weight excluding hydrogens is 311 g/mol. The van der Waals surface area contributed by atoms with Gasteiger partial charge in [0.15, 0.2) is 0 Å². The summed E-state index contributed by atoms with van der Waals surface area (Å²) in [4.78, 5) is 12.5. The van der Waals surface area contributed by atoms with E-state index in [0.29, 0.717) is 13.1 Å². The van der Waals surface area contributed by atoms with E-state index < -0.39 is 26.7 Å². The smallest absolute Gasteiger partial charge is 0.335 e. The van der Waals surface area contributed by atoms with Crippen LogP contribution in [0.5, 0.6) is 0 Å². The second kappa shape index (κ2) is 5.29. The maximum Gasteiger partial charge on any atom is 0.335 e. The molecule has 2 fully saturated rings. The predicted octanol–water partition coefficient (Wildman–Crippen LogP) is 0.706. The van der Waals surface area contributed by atoms with Gasteiger partial charge in [0.2, 0.25) is 10.0 Å². The van der Waals surface area contributed by atoms with Gasteiger partial charge in [0.05, 0.1) is 5.56 Å². The highest BCUT2D eigenvalue weighted by atomic mass is 32.2. The quantitative estimate of drug-likeness (QED) is 0.884. The summed E-state index contributed by atoms with van der Waals surface area (Å²) in [5.74, 6) is -1.75. The molecule has 1 N–H and O–H groups in total. The number of aromatic carboxylic acids is 1. The Labute approximate surface area is 128 Å². The Bertz CT molecular complexity index is 708. The number of rotatable bonds is 3. The average molecular weight is 328 g/mol. The Balaban J connectivity index is 1.87. The second-order valence-corrected chi connectivity index (χ2v) is 7.92. The predicted molar refractivity (Wildman–Crippen MR) is 76.6 cm³/mol. The number of halogens is 1. The van der Waals surface area contributed by atoms with E-state index in [1.54, 1.807) is 0 Å². The number of sulfonamides is 1. The van der Waals surface area contributed by atoms with Crippen molar-refractivity contribution in [1.29, 1.82) is 0 Å². The van der Waals surface area contributed by atoms with Crippen LogP contribution in [0.2, 0.25) is 0 Å². The van der Waals surface area contributed by atoms with Gasteiger partial charge in [0, 0.05) is 26.2 Å². The van der Waals surface area contributed by atoms with E-state index in [0.717, 1.165) is 31.3 Å². The number of carbonyl (C=O) groups is 1. The van der Waals surface area contributed by atoms with E-state index in [1.807, 2.05) is 7.05 Å². The lowest BCUT2D eigenvalue weighted by Crippen LogP contribution is -2.33.